The van der Waals surface area contributed by atoms with Crippen molar-refractivity contribution in [2.75, 3.05) is 13.2 Å². The molecule has 0 saturated carbocycles. The molecule has 0 saturated heterocycles. The van der Waals surface area contributed by atoms with Crippen molar-refractivity contribution in [2.45, 2.75) is 343 Å². The van der Waals surface area contributed by atoms with Crippen molar-refractivity contribution in [3.8, 4) is 0 Å². The van der Waals surface area contributed by atoms with E-state index in [0.717, 1.165) is 69.6 Å². The molecule has 6 heteroatoms. The molecular formula is C60H116O6. The Balaban J connectivity index is 4.30. The molecule has 0 spiro atoms. The van der Waals surface area contributed by atoms with Gasteiger partial charge in [-0.15, -0.1) is 0 Å². The van der Waals surface area contributed by atoms with E-state index >= 15 is 0 Å². The fourth-order valence-corrected chi connectivity index (χ4v) is 9.23. The molecule has 392 valence electrons. The number of carbonyl (C=O) groups is 3. The van der Waals surface area contributed by atoms with Gasteiger partial charge >= 0.3 is 17.9 Å². The highest BCUT2D eigenvalue weighted by molar-refractivity contribution is 5.71. The first-order valence-electron chi connectivity index (χ1n) is 29.7. The van der Waals surface area contributed by atoms with E-state index in [4.69, 9.17) is 14.2 Å². The van der Waals surface area contributed by atoms with Gasteiger partial charge in [0.15, 0.2) is 6.10 Å². The fraction of sp³-hybridized carbons (Fsp3) is 0.950. The molecule has 0 rings (SSSR count). The summed E-state index contributed by atoms with van der Waals surface area (Å²) in [6.45, 7) is 11.4. The minimum atomic E-state index is -0.763. The van der Waals surface area contributed by atoms with Crippen LogP contribution in [0.15, 0.2) is 0 Å². The van der Waals surface area contributed by atoms with Gasteiger partial charge in [-0.05, 0) is 31.1 Å². The Morgan fingerprint density at radius 1 is 0.288 bits per heavy atom. The van der Waals surface area contributed by atoms with Crippen LogP contribution in [0.25, 0.3) is 0 Å². The summed E-state index contributed by atoms with van der Waals surface area (Å²) in [5.74, 6) is 0.852. The normalized spacial score (nSPS) is 12.0. The molecule has 1 atom stereocenters. The van der Waals surface area contributed by atoms with Crippen molar-refractivity contribution in [1.82, 2.24) is 0 Å². The molecule has 0 bridgehead atoms. The van der Waals surface area contributed by atoms with Gasteiger partial charge in [0.25, 0.3) is 0 Å². The van der Waals surface area contributed by atoms with Gasteiger partial charge in [0.1, 0.15) is 13.2 Å². The topological polar surface area (TPSA) is 78.9 Å². The summed E-state index contributed by atoms with van der Waals surface area (Å²) in [5, 5.41) is 0. The van der Waals surface area contributed by atoms with E-state index in [1.165, 1.54) is 225 Å². The van der Waals surface area contributed by atoms with E-state index in [1.807, 2.05) is 0 Å². The molecule has 0 radical (unpaired) electrons. The third-order valence-electron chi connectivity index (χ3n) is 13.7. The lowest BCUT2D eigenvalue weighted by Crippen LogP contribution is -2.30. The average Bonchev–Trinajstić information content (AvgIpc) is 3.29. The van der Waals surface area contributed by atoms with Crippen LogP contribution in [0.4, 0.5) is 0 Å². The minimum absolute atomic E-state index is 0.0623. The van der Waals surface area contributed by atoms with E-state index < -0.39 is 6.10 Å². The van der Waals surface area contributed by atoms with Crippen LogP contribution in [0.2, 0.25) is 0 Å². The number of hydrogen-bond acceptors (Lipinski definition) is 6. The molecule has 0 aliphatic rings. The molecule has 0 aliphatic heterocycles. The molecule has 0 unspecified atom stereocenters. The lowest BCUT2D eigenvalue weighted by molar-refractivity contribution is -0.167. The summed E-state index contributed by atoms with van der Waals surface area (Å²) >= 11 is 0. The van der Waals surface area contributed by atoms with Gasteiger partial charge in [-0.25, -0.2) is 0 Å². The maximum Gasteiger partial charge on any atom is 0.306 e. The second kappa shape index (κ2) is 52.8. The van der Waals surface area contributed by atoms with Gasteiger partial charge in [0.2, 0.25) is 0 Å². The molecule has 0 amide bonds. The first-order valence-corrected chi connectivity index (χ1v) is 29.7. The second-order valence-electron chi connectivity index (χ2n) is 21.6. The number of ether oxygens (including phenoxy) is 3. The van der Waals surface area contributed by atoms with Crippen molar-refractivity contribution in [2.24, 2.45) is 11.8 Å². The third kappa shape index (κ3) is 53.4. The van der Waals surface area contributed by atoms with Crippen LogP contribution in [0, 0.1) is 11.8 Å². The Morgan fingerprint density at radius 3 is 0.742 bits per heavy atom. The molecule has 66 heavy (non-hydrogen) atoms. The molecule has 0 fully saturated rings. The fourth-order valence-electron chi connectivity index (χ4n) is 9.23. The average molecular weight is 934 g/mol. The van der Waals surface area contributed by atoms with Gasteiger partial charge in [-0.2, -0.15) is 0 Å². The van der Waals surface area contributed by atoms with Gasteiger partial charge < -0.3 is 14.2 Å². The lowest BCUT2D eigenvalue weighted by Gasteiger charge is -2.18. The van der Waals surface area contributed by atoms with Gasteiger partial charge in [0, 0.05) is 19.3 Å². The SMILES string of the molecule is CCCCCCCCCCCCCCCCC(=O)OC[C@H](COC(=O)CCCCCCCCCCCCCCCCC(C)C)OC(=O)CCCCCCCCCCCCCCCCC(C)C. The zero-order chi connectivity index (χ0) is 48.2. The predicted molar refractivity (Wildman–Crippen MR) is 284 cm³/mol. The Hall–Kier alpha value is -1.59. The zero-order valence-electron chi connectivity index (χ0n) is 45.3. The molecule has 0 aromatic carbocycles. The zero-order valence-corrected chi connectivity index (χ0v) is 45.3. The maximum absolute atomic E-state index is 12.9. The molecule has 0 heterocycles. The third-order valence-corrected chi connectivity index (χ3v) is 13.7. The summed E-state index contributed by atoms with van der Waals surface area (Å²) in [5.41, 5.74) is 0. The van der Waals surface area contributed by atoms with Crippen LogP contribution in [0.3, 0.4) is 0 Å². The summed E-state index contributed by atoms with van der Waals surface area (Å²) in [7, 11) is 0. The van der Waals surface area contributed by atoms with E-state index in [2.05, 4.69) is 34.6 Å². The largest absolute Gasteiger partial charge is 0.462 e. The van der Waals surface area contributed by atoms with Crippen LogP contribution >= 0.6 is 0 Å². The van der Waals surface area contributed by atoms with Gasteiger partial charge in [-0.1, -0.05) is 298 Å². The van der Waals surface area contributed by atoms with Gasteiger partial charge in [-0.3, -0.25) is 14.4 Å². The number of carbonyl (C=O) groups excluding carboxylic acids is 3. The summed E-state index contributed by atoms with van der Waals surface area (Å²) in [6.07, 6.45) is 56.6. The van der Waals surface area contributed by atoms with Crippen LogP contribution in [-0.2, 0) is 28.6 Å². The highest BCUT2D eigenvalue weighted by Crippen LogP contribution is 2.18. The smallest absolute Gasteiger partial charge is 0.306 e. The van der Waals surface area contributed by atoms with Gasteiger partial charge in [0.05, 0.1) is 0 Å². The highest BCUT2D eigenvalue weighted by Gasteiger charge is 2.19. The van der Waals surface area contributed by atoms with Crippen molar-refractivity contribution >= 4 is 17.9 Å². The monoisotopic (exact) mass is 933 g/mol. The van der Waals surface area contributed by atoms with E-state index in [-0.39, 0.29) is 31.1 Å². The Morgan fingerprint density at radius 2 is 0.500 bits per heavy atom. The standard InChI is InChI=1S/C60H116O6/c1-6-7-8-9-10-11-12-13-20-25-30-35-40-45-50-58(61)64-53-57(66-60(63)52-47-42-37-32-27-22-17-15-19-24-29-34-39-44-49-56(4)5)54-65-59(62)51-46-41-36-31-26-21-16-14-18-23-28-33-38-43-48-55(2)3/h55-57H,6-54H2,1-5H3/t57-/m1/s1. The maximum atomic E-state index is 12.9. The van der Waals surface area contributed by atoms with E-state index in [9.17, 15) is 14.4 Å². The number of rotatable bonds is 54. The second-order valence-corrected chi connectivity index (χ2v) is 21.6. The van der Waals surface area contributed by atoms with Crippen LogP contribution in [0.1, 0.15) is 336 Å². The molecule has 0 aromatic rings. The van der Waals surface area contributed by atoms with Crippen molar-refractivity contribution in [1.29, 1.82) is 0 Å². The van der Waals surface area contributed by atoms with Crippen molar-refractivity contribution in [3.63, 3.8) is 0 Å². The summed E-state index contributed by atoms with van der Waals surface area (Å²) < 4.78 is 16.9. The number of esters is 3. The molecule has 0 N–H and O–H groups in total. The minimum Gasteiger partial charge on any atom is -0.462 e. The highest BCUT2D eigenvalue weighted by atomic mass is 16.6. The van der Waals surface area contributed by atoms with E-state index in [0.29, 0.717) is 19.3 Å². The lowest BCUT2D eigenvalue weighted by atomic mass is 10.0. The molecule has 0 aliphatic carbocycles. The number of unbranched alkanes of at least 4 members (excludes halogenated alkanes) is 39. The molecular weight excluding hydrogens is 817 g/mol. The summed E-state index contributed by atoms with van der Waals surface area (Å²) in [4.78, 5) is 38.2. The van der Waals surface area contributed by atoms with Crippen LogP contribution < -0.4 is 0 Å². The van der Waals surface area contributed by atoms with E-state index in [1.54, 1.807) is 0 Å². The Labute approximate surface area is 412 Å². The molecule has 6 nitrogen and oxygen atoms in total. The summed E-state index contributed by atoms with van der Waals surface area (Å²) in [6, 6.07) is 0. The Kier molecular flexibility index (Phi) is 51.5. The van der Waals surface area contributed by atoms with Crippen LogP contribution in [-0.4, -0.2) is 37.2 Å². The first kappa shape index (κ1) is 64.4. The predicted octanol–water partition coefficient (Wildman–Crippen LogP) is 19.7. The molecule has 0 aromatic heterocycles. The van der Waals surface area contributed by atoms with Crippen molar-refractivity contribution < 1.29 is 28.6 Å². The van der Waals surface area contributed by atoms with Crippen LogP contribution in [0.5, 0.6) is 0 Å². The first-order chi connectivity index (χ1) is 32.2. The Bertz CT molecular complexity index is 1010. The van der Waals surface area contributed by atoms with Crippen molar-refractivity contribution in [3.05, 3.63) is 0 Å². The quantitative estimate of drug-likeness (QED) is 0.0343. The number of hydrogen-bond donors (Lipinski definition) is 0.